The Bertz CT molecular complexity index is 943. The molecule has 4 rings (SSSR count). The third kappa shape index (κ3) is 3.95. The van der Waals surface area contributed by atoms with Gasteiger partial charge in [0.05, 0.1) is 17.5 Å². The second kappa shape index (κ2) is 7.63. The van der Waals surface area contributed by atoms with E-state index in [1.54, 1.807) is 17.3 Å². The fourth-order valence-corrected chi connectivity index (χ4v) is 6.27. The Balaban J connectivity index is 1.47. The number of hydrogen-bond donors (Lipinski definition) is 0. The normalized spacial score (nSPS) is 24.2. The molecule has 150 valence electrons. The van der Waals surface area contributed by atoms with E-state index in [2.05, 4.69) is 14.9 Å². The third-order valence-corrected chi connectivity index (χ3v) is 7.41. The quantitative estimate of drug-likeness (QED) is 0.722. The maximum Gasteiger partial charge on any atom is 0.224 e. The van der Waals surface area contributed by atoms with Crippen molar-refractivity contribution in [1.29, 1.82) is 0 Å². The summed E-state index contributed by atoms with van der Waals surface area (Å²) in [6.45, 7) is 4.34. The molecule has 0 saturated carbocycles. The molecule has 2 aromatic heterocycles. The molecule has 0 aliphatic carbocycles. The number of hydrogen-bond acceptors (Lipinski definition) is 6. The molecule has 1 amide bonds. The van der Waals surface area contributed by atoms with Gasteiger partial charge in [0, 0.05) is 63.4 Å². The van der Waals surface area contributed by atoms with Gasteiger partial charge in [-0.15, -0.1) is 0 Å². The number of imidazole rings is 1. The molecule has 0 N–H and O–H groups in total. The summed E-state index contributed by atoms with van der Waals surface area (Å²) in [4.78, 5) is 25.2. The molecule has 8 nitrogen and oxygen atoms in total. The largest absolute Gasteiger partial charge is 0.336 e. The highest BCUT2D eigenvalue weighted by Crippen LogP contribution is 2.28. The molecule has 2 aliphatic rings. The topological polar surface area (TPSA) is 88.4 Å². The summed E-state index contributed by atoms with van der Waals surface area (Å²) < 4.78 is 26.7. The minimum absolute atomic E-state index is 0.0150. The fourth-order valence-electron chi connectivity index (χ4n) is 4.26. The molecule has 28 heavy (non-hydrogen) atoms. The number of aryl methyl sites for hydroxylation is 2. The molecule has 4 heterocycles. The van der Waals surface area contributed by atoms with E-state index in [1.165, 1.54) is 0 Å². The molecular weight excluding hydrogens is 378 g/mol. The van der Waals surface area contributed by atoms with E-state index in [0.29, 0.717) is 32.6 Å². The molecule has 0 aromatic carbocycles. The third-order valence-electron chi connectivity index (χ3n) is 5.71. The summed E-state index contributed by atoms with van der Waals surface area (Å²) in [7, 11) is -3.15. The van der Waals surface area contributed by atoms with Gasteiger partial charge in [0.15, 0.2) is 9.84 Å². The monoisotopic (exact) mass is 403 g/mol. The Labute approximate surface area is 165 Å². The first kappa shape index (κ1) is 19.1. The number of rotatable bonds is 5. The highest BCUT2D eigenvalue weighted by molar-refractivity contribution is 7.91. The van der Waals surface area contributed by atoms with Crippen molar-refractivity contribution in [3.63, 3.8) is 0 Å². The average molecular weight is 404 g/mol. The van der Waals surface area contributed by atoms with Gasteiger partial charge in [-0.05, 0) is 18.6 Å². The standard InChI is InChI=1S/C19H25N5O3S/c1-15-21-6-8-22(15)7-4-19(25)24-10-9-23(12-16-3-2-5-20-11-16)17-13-28(26,27)14-18(17)24/h2-3,5-6,8,11,17-18H,4,7,9-10,12-14H2,1H3/t17-,18+/m1/s1. The van der Waals surface area contributed by atoms with Gasteiger partial charge in [0.25, 0.3) is 0 Å². The minimum atomic E-state index is -3.15. The summed E-state index contributed by atoms with van der Waals surface area (Å²) in [5.74, 6) is 1.05. The van der Waals surface area contributed by atoms with Crippen LogP contribution >= 0.6 is 0 Å². The lowest BCUT2D eigenvalue weighted by Gasteiger charge is -2.44. The number of nitrogens with zero attached hydrogens (tertiary/aromatic N) is 5. The van der Waals surface area contributed by atoms with Crippen molar-refractivity contribution in [2.24, 2.45) is 0 Å². The first-order chi connectivity index (χ1) is 13.4. The van der Waals surface area contributed by atoms with Crippen molar-refractivity contribution in [1.82, 2.24) is 24.3 Å². The first-order valence-electron chi connectivity index (χ1n) is 9.53. The highest BCUT2D eigenvalue weighted by Gasteiger charge is 2.47. The Morgan fingerprint density at radius 2 is 2.04 bits per heavy atom. The van der Waals surface area contributed by atoms with Crippen LogP contribution in [0.2, 0.25) is 0 Å². The van der Waals surface area contributed by atoms with Crippen LogP contribution in [0.15, 0.2) is 36.9 Å². The number of carbonyl (C=O) groups excluding carboxylic acids is 1. The van der Waals surface area contributed by atoms with E-state index in [1.807, 2.05) is 36.0 Å². The summed E-state index contributed by atoms with van der Waals surface area (Å²) >= 11 is 0. The van der Waals surface area contributed by atoms with Crippen LogP contribution in [0.1, 0.15) is 17.8 Å². The number of pyridine rings is 1. The van der Waals surface area contributed by atoms with Crippen LogP contribution in [0, 0.1) is 6.92 Å². The van der Waals surface area contributed by atoms with Crippen LogP contribution in [0.5, 0.6) is 0 Å². The smallest absolute Gasteiger partial charge is 0.224 e. The van der Waals surface area contributed by atoms with Crippen molar-refractivity contribution >= 4 is 15.7 Å². The fraction of sp³-hybridized carbons (Fsp3) is 0.526. The summed E-state index contributed by atoms with van der Waals surface area (Å²) in [5.41, 5.74) is 1.06. The molecule has 0 unspecified atom stereocenters. The van der Waals surface area contributed by atoms with Crippen molar-refractivity contribution < 1.29 is 13.2 Å². The van der Waals surface area contributed by atoms with Crippen LogP contribution in [0.4, 0.5) is 0 Å². The average Bonchev–Trinajstić information content (AvgIpc) is 3.22. The van der Waals surface area contributed by atoms with Crippen molar-refractivity contribution in [3.8, 4) is 0 Å². The van der Waals surface area contributed by atoms with E-state index < -0.39 is 9.84 Å². The Morgan fingerprint density at radius 3 is 2.75 bits per heavy atom. The number of amides is 1. The van der Waals surface area contributed by atoms with Gasteiger partial charge < -0.3 is 9.47 Å². The zero-order valence-electron chi connectivity index (χ0n) is 15.9. The summed E-state index contributed by atoms with van der Waals surface area (Å²) in [6.07, 6.45) is 7.46. The minimum Gasteiger partial charge on any atom is -0.336 e. The summed E-state index contributed by atoms with van der Waals surface area (Å²) in [6, 6.07) is 3.46. The lowest BCUT2D eigenvalue weighted by molar-refractivity contribution is -0.137. The maximum atomic E-state index is 12.9. The van der Waals surface area contributed by atoms with E-state index in [0.717, 1.165) is 11.4 Å². The Kier molecular flexibility index (Phi) is 5.20. The lowest BCUT2D eigenvalue weighted by atomic mass is 10.0. The second-order valence-electron chi connectivity index (χ2n) is 7.55. The van der Waals surface area contributed by atoms with E-state index in [9.17, 15) is 13.2 Å². The van der Waals surface area contributed by atoms with Crippen LogP contribution in [0.25, 0.3) is 0 Å². The number of sulfone groups is 1. The van der Waals surface area contributed by atoms with Gasteiger partial charge in [-0.1, -0.05) is 6.07 Å². The summed E-state index contributed by atoms with van der Waals surface area (Å²) in [5, 5.41) is 0. The zero-order valence-corrected chi connectivity index (χ0v) is 16.8. The van der Waals surface area contributed by atoms with Gasteiger partial charge in [0.1, 0.15) is 5.82 Å². The molecule has 0 bridgehead atoms. The highest BCUT2D eigenvalue weighted by atomic mass is 32.2. The van der Waals surface area contributed by atoms with E-state index in [-0.39, 0.29) is 29.5 Å². The van der Waals surface area contributed by atoms with Gasteiger partial charge >= 0.3 is 0 Å². The molecule has 0 spiro atoms. The van der Waals surface area contributed by atoms with Crippen molar-refractivity contribution in [2.45, 2.75) is 38.5 Å². The number of piperazine rings is 1. The maximum absolute atomic E-state index is 12.9. The predicted molar refractivity (Wildman–Crippen MR) is 104 cm³/mol. The number of aromatic nitrogens is 3. The molecule has 0 radical (unpaired) electrons. The van der Waals surface area contributed by atoms with Crippen LogP contribution in [-0.2, 0) is 27.7 Å². The van der Waals surface area contributed by atoms with Crippen molar-refractivity contribution in [3.05, 3.63) is 48.3 Å². The van der Waals surface area contributed by atoms with E-state index in [4.69, 9.17) is 0 Å². The molecule has 2 fully saturated rings. The predicted octanol–water partition coefficient (Wildman–Crippen LogP) is 0.487. The van der Waals surface area contributed by atoms with Gasteiger partial charge in [0.2, 0.25) is 5.91 Å². The van der Waals surface area contributed by atoms with Gasteiger partial charge in [-0.3, -0.25) is 14.7 Å². The Hall–Kier alpha value is -2.26. The molecule has 2 aromatic rings. The van der Waals surface area contributed by atoms with Crippen LogP contribution in [0.3, 0.4) is 0 Å². The second-order valence-corrected chi connectivity index (χ2v) is 9.70. The first-order valence-corrected chi connectivity index (χ1v) is 11.4. The number of carbonyl (C=O) groups is 1. The number of fused-ring (bicyclic) bond motifs is 1. The van der Waals surface area contributed by atoms with Gasteiger partial charge in [-0.2, -0.15) is 0 Å². The molecule has 2 saturated heterocycles. The SMILES string of the molecule is Cc1nccn1CCC(=O)N1CCN(Cc2cccnc2)[C@@H]2CS(=O)(=O)C[C@@H]21. The van der Waals surface area contributed by atoms with Crippen molar-refractivity contribution in [2.75, 3.05) is 24.6 Å². The molecule has 2 atom stereocenters. The molecule has 9 heteroatoms. The van der Waals surface area contributed by atoms with E-state index >= 15 is 0 Å². The van der Waals surface area contributed by atoms with Crippen LogP contribution < -0.4 is 0 Å². The van der Waals surface area contributed by atoms with Gasteiger partial charge in [-0.25, -0.2) is 13.4 Å². The Morgan fingerprint density at radius 1 is 1.21 bits per heavy atom. The van der Waals surface area contributed by atoms with Crippen LogP contribution in [-0.4, -0.2) is 75.3 Å². The zero-order chi connectivity index (χ0) is 19.7. The lowest BCUT2D eigenvalue weighted by Crippen LogP contribution is -2.60. The molecular formula is C19H25N5O3S. The molecule has 2 aliphatic heterocycles.